The molecule has 0 saturated carbocycles. The third-order valence-corrected chi connectivity index (χ3v) is 2.81. The molecule has 140 valence electrons. The maximum atomic E-state index is 12.8. The Bertz CT molecular complexity index is 480. The van der Waals surface area contributed by atoms with Crippen molar-refractivity contribution in [3.05, 3.63) is 12.2 Å². The summed E-state index contributed by atoms with van der Waals surface area (Å²) in [7, 11) is 0. The van der Waals surface area contributed by atoms with Gasteiger partial charge in [-0.15, -0.1) is 0 Å². The molecule has 0 rings (SSSR count). The van der Waals surface area contributed by atoms with Crippen LogP contribution in [0.1, 0.15) is 20.8 Å². The number of halogens is 6. The van der Waals surface area contributed by atoms with Gasteiger partial charge in [0.15, 0.2) is 12.7 Å². The molecule has 1 atom stereocenters. The number of rotatable bonds is 6. The van der Waals surface area contributed by atoms with Crippen molar-refractivity contribution in [2.45, 2.75) is 44.8 Å². The first-order chi connectivity index (χ1) is 10.6. The molecule has 0 heterocycles. The highest BCUT2D eigenvalue weighted by Crippen LogP contribution is 2.47. The van der Waals surface area contributed by atoms with Crippen LogP contribution in [0.3, 0.4) is 0 Å². The summed E-state index contributed by atoms with van der Waals surface area (Å²) in [5, 5.41) is 9.28. The average Bonchev–Trinajstić information content (AvgIpc) is 2.38. The van der Waals surface area contributed by atoms with E-state index in [1.807, 2.05) is 0 Å². The molecule has 24 heavy (non-hydrogen) atoms. The molecule has 11 heteroatoms. The Morgan fingerprint density at radius 1 is 1.08 bits per heavy atom. The summed E-state index contributed by atoms with van der Waals surface area (Å²) >= 11 is 0. The first-order valence-electron chi connectivity index (χ1n) is 6.43. The van der Waals surface area contributed by atoms with Crippen LogP contribution in [0.5, 0.6) is 0 Å². The highest BCUT2D eigenvalue weighted by molar-refractivity contribution is 5.88. The van der Waals surface area contributed by atoms with E-state index in [4.69, 9.17) is 0 Å². The Morgan fingerprint density at radius 2 is 1.50 bits per heavy atom. The van der Waals surface area contributed by atoms with Crippen LogP contribution in [0, 0.1) is 5.92 Å². The number of carbonyl (C=O) groups excluding carboxylic acids is 2. The van der Waals surface area contributed by atoms with Crippen molar-refractivity contribution in [1.82, 2.24) is 0 Å². The highest BCUT2D eigenvalue weighted by Gasteiger charge is 2.75. The minimum absolute atomic E-state index is 0.148. The van der Waals surface area contributed by atoms with Crippen molar-refractivity contribution in [3.8, 4) is 0 Å². The summed E-state index contributed by atoms with van der Waals surface area (Å²) in [5.74, 6) is -4.33. The van der Waals surface area contributed by atoms with Gasteiger partial charge in [-0.3, -0.25) is 0 Å². The fourth-order valence-corrected chi connectivity index (χ4v) is 1.61. The second-order valence-corrected chi connectivity index (χ2v) is 5.27. The minimum atomic E-state index is -6.16. The molecular weight excluding hydrogens is 350 g/mol. The van der Waals surface area contributed by atoms with Gasteiger partial charge in [-0.1, -0.05) is 20.4 Å². The van der Waals surface area contributed by atoms with E-state index in [0.717, 1.165) is 13.8 Å². The average molecular weight is 366 g/mol. The summed E-state index contributed by atoms with van der Waals surface area (Å²) in [6.07, 6.45) is -15.3. The van der Waals surface area contributed by atoms with Crippen molar-refractivity contribution in [2.75, 3.05) is 6.61 Å². The van der Waals surface area contributed by atoms with Gasteiger partial charge < -0.3 is 14.6 Å². The summed E-state index contributed by atoms with van der Waals surface area (Å²) in [6.45, 7) is 4.91. The monoisotopic (exact) mass is 366 g/mol. The zero-order chi connectivity index (χ0) is 19.5. The van der Waals surface area contributed by atoms with Gasteiger partial charge in [0.05, 0.1) is 0 Å². The molecule has 0 fully saturated rings. The zero-order valence-electron chi connectivity index (χ0n) is 12.9. The van der Waals surface area contributed by atoms with Crippen LogP contribution < -0.4 is 0 Å². The lowest BCUT2D eigenvalue weighted by Gasteiger charge is -2.39. The van der Waals surface area contributed by atoms with Crippen LogP contribution in [-0.4, -0.2) is 47.7 Å². The van der Waals surface area contributed by atoms with Crippen molar-refractivity contribution in [3.63, 3.8) is 0 Å². The second-order valence-electron chi connectivity index (χ2n) is 5.27. The molecule has 5 nitrogen and oxygen atoms in total. The molecule has 0 radical (unpaired) electrons. The number of esters is 2. The molecule has 0 aromatic carbocycles. The number of hydrogen-bond donors (Lipinski definition) is 1. The van der Waals surface area contributed by atoms with Crippen molar-refractivity contribution < 1.29 is 50.5 Å². The summed E-state index contributed by atoms with van der Waals surface area (Å²) in [4.78, 5) is 22.5. The van der Waals surface area contributed by atoms with Gasteiger partial charge >= 0.3 is 24.3 Å². The van der Waals surface area contributed by atoms with Crippen LogP contribution in [0.25, 0.3) is 0 Å². The van der Waals surface area contributed by atoms with Crippen LogP contribution in [0.15, 0.2) is 12.2 Å². The largest absolute Gasteiger partial charge is 0.456 e. The Morgan fingerprint density at radius 3 is 1.79 bits per heavy atom. The van der Waals surface area contributed by atoms with Crippen molar-refractivity contribution >= 4 is 11.9 Å². The number of aliphatic hydroxyl groups is 1. The molecule has 0 aromatic rings. The Hall–Kier alpha value is -1.78. The third kappa shape index (κ3) is 4.86. The van der Waals surface area contributed by atoms with E-state index in [2.05, 4.69) is 16.1 Å². The standard InChI is InChI=1S/C13H16F6O5/c1-6(2)9(11(22,12(14,15)16)13(17,18)19)24-8(20)5-23-10(21)7(3)4/h6,9,22H,3,5H2,1-2,4H3. The van der Waals surface area contributed by atoms with Crippen LogP contribution in [-0.2, 0) is 19.1 Å². The molecule has 0 spiro atoms. The van der Waals surface area contributed by atoms with Crippen LogP contribution >= 0.6 is 0 Å². The summed E-state index contributed by atoms with van der Waals surface area (Å²) in [6, 6.07) is 0. The van der Waals surface area contributed by atoms with Crippen LogP contribution in [0.4, 0.5) is 26.3 Å². The van der Waals surface area contributed by atoms with E-state index < -0.39 is 48.5 Å². The lowest BCUT2D eigenvalue weighted by Crippen LogP contribution is -2.66. The van der Waals surface area contributed by atoms with E-state index >= 15 is 0 Å². The molecule has 0 aliphatic rings. The maximum Gasteiger partial charge on any atom is 0.430 e. The number of alkyl halides is 6. The lowest BCUT2D eigenvalue weighted by molar-refractivity contribution is -0.395. The molecule has 0 saturated heterocycles. The molecular formula is C13H16F6O5. The van der Waals surface area contributed by atoms with Gasteiger partial charge in [0.2, 0.25) is 0 Å². The fraction of sp³-hybridized carbons (Fsp3) is 0.692. The SMILES string of the molecule is C=C(C)C(=O)OCC(=O)OC(C(C)C)C(O)(C(F)(F)F)C(F)(F)F. The van der Waals surface area contributed by atoms with E-state index in [-0.39, 0.29) is 5.57 Å². The minimum Gasteiger partial charge on any atom is -0.456 e. The Kier molecular flexibility index (Phi) is 6.86. The number of ether oxygens (including phenoxy) is 2. The van der Waals surface area contributed by atoms with Gasteiger partial charge in [0.1, 0.15) is 0 Å². The van der Waals surface area contributed by atoms with E-state index in [0.29, 0.717) is 0 Å². The van der Waals surface area contributed by atoms with Gasteiger partial charge in [0, 0.05) is 5.57 Å². The molecule has 0 amide bonds. The van der Waals surface area contributed by atoms with E-state index in [1.54, 1.807) is 0 Å². The maximum absolute atomic E-state index is 12.8. The molecule has 0 aliphatic heterocycles. The first-order valence-corrected chi connectivity index (χ1v) is 6.43. The Labute approximate surface area is 133 Å². The van der Waals surface area contributed by atoms with Gasteiger partial charge in [0.25, 0.3) is 5.60 Å². The van der Waals surface area contributed by atoms with E-state index in [9.17, 15) is 41.0 Å². The topological polar surface area (TPSA) is 72.8 Å². The molecule has 0 aliphatic carbocycles. The molecule has 0 aromatic heterocycles. The van der Waals surface area contributed by atoms with Gasteiger partial charge in [-0.05, 0) is 12.8 Å². The number of carbonyl (C=O) groups is 2. The van der Waals surface area contributed by atoms with Gasteiger partial charge in [-0.25, -0.2) is 9.59 Å². The fourth-order valence-electron chi connectivity index (χ4n) is 1.61. The normalized spacial score (nSPS) is 14.3. The van der Waals surface area contributed by atoms with Crippen LogP contribution in [0.2, 0.25) is 0 Å². The lowest BCUT2D eigenvalue weighted by atomic mass is 9.87. The summed E-state index contributed by atoms with van der Waals surface area (Å²) < 4.78 is 85.3. The second kappa shape index (κ2) is 7.41. The third-order valence-electron chi connectivity index (χ3n) is 2.81. The highest BCUT2D eigenvalue weighted by atomic mass is 19.4. The van der Waals surface area contributed by atoms with E-state index in [1.165, 1.54) is 6.92 Å². The zero-order valence-corrected chi connectivity index (χ0v) is 12.9. The smallest absolute Gasteiger partial charge is 0.430 e. The molecule has 1 N–H and O–H groups in total. The molecule has 0 bridgehead atoms. The quantitative estimate of drug-likeness (QED) is 0.444. The van der Waals surface area contributed by atoms with Crippen molar-refractivity contribution in [2.24, 2.45) is 5.92 Å². The predicted molar refractivity (Wildman–Crippen MR) is 67.6 cm³/mol. The Balaban J connectivity index is 5.45. The van der Waals surface area contributed by atoms with Gasteiger partial charge in [-0.2, -0.15) is 26.3 Å². The summed E-state index contributed by atoms with van der Waals surface area (Å²) in [5.41, 5.74) is -5.42. The number of hydrogen-bond acceptors (Lipinski definition) is 5. The first kappa shape index (κ1) is 22.2. The van der Waals surface area contributed by atoms with Crippen molar-refractivity contribution in [1.29, 1.82) is 0 Å². The predicted octanol–water partition coefficient (Wildman–Crippen LogP) is 2.53. The molecule has 1 unspecified atom stereocenters.